The Kier molecular flexibility index (Phi) is 3.93. The molecule has 3 heterocycles. The highest BCUT2D eigenvalue weighted by Crippen LogP contribution is 2.30. The van der Waals surface area contributed by atoms with Crippen molar-refractivity contribution in [3.8, 4) is 5.88 Å². The quantitative estimate of drug-likeness (QED) is 0.831. The highest BCUT2D eigenvalue weighted by atomic mass is 19.1. The summed E-state index contributed by atoms with van der Waals surface area (Å²) in [5.41, 5.74) is -0.289. The predicted molar refractivity (Wildman–Crippen MR) is 79.3 cm³/mol. The van der Waals surface area contributed by atoms with Crippen LogP contribution in [0.25, 0.3) is 0 Å². The van der Waals surface area contributed by atoms with E-state index in [9.17, 15) is 14.0 Å². The Bertz CT molecular complexity index is 644. The zero-order chi connectivity index (χ0) is 16.6. The molecule has 0 bridgehead atoms. The molecule has 124 valence electrons. The van der Waals surface area contributed by atoms with Crippen molar-refractivity contribution in [1.29, 1.82) is 0 Å². The van der Waals surface area contributed by atoms with Gasteiger partial charge in [-0.15, -0.1) is 0 Å². The topological polar surface area (TPSA) is 74.8 Å². The lowest BCUT2D eigenvalue weighted by molar-refractivity contribution is -0.132. The molecule has 0 saturated carbocycles. The van der Waals surface area contributed by atoms with Crippen LogP contribution in [0.15, 0.2) is 12.3 Å². The molecule has 1 N–H and O–H groups in total. The van der Waals surface area contributed by atoms with E-state index in [0.717, 1.165) is 4.90 Å². The minimum absolute atomic E-state index is 0.0177. The lowest BCUT2D eigenvalue weighted by Gasteiger charge is -2.37. The summed E-state index contributed by atoms with van der Waals surface area (Å²) >= 11 is 0. The van der Waals surface area contributed by atoms with E-state index in [-0.39, 0.29) is 17.8 Å². The van der Waals surface area contributed by atoms with Gasteiger partial charge in [-0.05, 0) is 18.9 Å². The summed E-state index contributed by atoms with van der Waals surface area (Å²) in [5, 5.41) is 2.79. The number of methoxy groups -OCH3 is 1. The van der Waals surface area contributed by atoms with Gasteiger partial charge in [0.25, 0.3) is 5.91 Å². The molecule has 1 aromatic heterocycles. The molecule has 2 fully saturated rings. The first kappa shape index (κ1) is 15.7. The number of imide groups is 1. The lowest BCUT2D eigenvalue weighted by Crippen LogP contribution is -2.54. The van der Waals surface area contributed by atoms with Crippen LogP contribution in [-0.2, 0) is 11.3 Å². The Balaban J connectivity index is 1.66. The summed E-state index contributed by atoms with van der Waals surface area (Å²) in [4.78, 5) is 30.9. The van der Waals surface area contributed by atoms with Gasteiger partial charge >= 0.3 is 6.03 Å². The molecule has 0 atom stereocenters. The van der Waals surface area contributed by atoms with E-state index < -0.39 is 11.4 Å². The van der Waals surface area contributed by atoms with Gasteiger partial charge in [0, 0.05) is 38.4 Å². The smallest absolute Gasteiger partial charge is 0.324 e. The molecule has 2 aliphatic rings. The van der Waals surface area contributed by atoms with Gasteiger partial charge in [-0.25, -0.2) is 14.2 Å². The molecule has 3 amide bonds. The van der Waals surface area contributed by atoms with E-state index in [1.807, 2.05) is 0 Å². The maximum absolute atomic E-state index is 14.2. The molecule has 8 heteroatoms. The van der Waals surface area contributed by atoms with Crippen molar-refractivity contribution < 1.29 is 18.7 Å². The first-order valence-electron chi connectivity index (χ1n) is 7.47. The Hall–Kier alpha value is -2.22. The van der Waals surface area contributed by atoms with E-state index in [2.05, 4.69) is 15.2 Å². The van der Waals surface area contributed by atoms with Crippen molar-refractivity contribution in [1.82, 2.24) is 20.1 Å². The second-order valence-electron chi connectivity index (χ2n) is 5.95. The summed E-state index contributed by atoms with van der Waals surface area (Å²) < 4.78 is 19.0. The number of nitrogens with one attached hydrogen (secondary N) is 1. The minimum atomic E-state index is -0.795. The second kappa shape index (κ2) is 5.77. The zero-order valence-corrected chi connectivity index (χ0v) is 13.1. The Labute approximate surface area is 133 Å². The van der Waals surface area contributed by atoms with Crippen molar-refractivity contribution in [3.05, 3.63) is 23.6 Å². The standard InChI is InChI=1S/C15H19FN4O3/c1-19-13(21)15(18-14(19)22)4-7-20(8-5-15)9-10-3-6-17-12(23-2)11(10)16/h3,6H,4-5,7-9H2,1-2H3,(H,18,22). The van der Waals surface area contributed by atoms with Crippen LogP contribution in [-0.4, -0.2) is 59.5 Å². The largest absolute Gasteiger partial charge is 0.479 e. The average molecular weight is 322 g/mol. The van der Waals surface area contributed by atoms with Gasteiger partial charge in [-0.2, -0.15) is 0 Å². The van der Waals surface area contributed by atoms with E-state index in [1.165, 1.54) is 20.4 Å². The maximum Gasteiger partial charge on any atom is 0.324 e. The molecule has 7 nitrogen and oxygen atoms in total. The third-order valence-corrected chi connectivity index (χ3v) is 4.60. The van der Waals surface area contributed by atoms with Crippen LogP contribution in [0, 0.1) is 5.82 Å². The molecular weight excluding hydrogens is 303 g/mol. The fourth-order valence-corrected chi connectivity index (χ4v) is 3.15. The summed E-state index contributed by atoms with van der Waals surface area (Å²) in [7, 11) is 2.86. The number of carbonyl (C=O) groups excluding carboxylic acids is 2. The van der Waals surface area contributed by atoms with Crippen LogP contribution in [0.2, 0.25) is 0 Å². The molecule has 0 radical (unpaired) electrons. The van der Waals surface area contributed by atoms with E-state index in [4.69, 9.17) is 4.74 Å². The van der Waals surface area contributed by atoms with E-state index in [0.29, 0.717) is 38.0 Å². The number of halogens is 1. The molecule has 2 saturated heterocycles. The number of aromatic nitrogens is 1. The normalized spacial score (nSPS) is 20.9. The molecule has 1 aromatic rings. The summed E-state index contributed by atoms with van der Waals surface area (Å²) in [5.74, 6) is -0.657. The van der Waals surface area contributed by atoms with Crippen LogP contribution in [0.4, 0.5) is 9.18 Å². The number of hydrogen-bond acceptors (Lipinski definition) is 5. The molecule has 0 aliphatic carbocycles. The van der Waals surface area contributed by atoms with E-state index >= 15 is 0 Å². The van der Waals surface area contributed by atoms with E-state index in [1.54, 1.807) is 6.07 Å². The van der Waals surface area contributed by atoms with Gasteiger partial charge in [-0.1, -0.05) is 0 Å². The lowest BCUT2D eigenvalue weighted by atomic mass is 9.87. The second-order valence-corrected chi connectivity index (χ2v) is 5.95. The van der Waals surface area contributed by atoms with Gasteiger partial charge < -0.3 is 10.1 Å². The van der Waals surface area contributed by atoms with Gasteiger partial charge in [0.1, 0.15) is 5.54 Å². The third-order valence-electron chi connectivity index (χ3n) is 4.60. The van der Waals surface area contributed by atoms with Crippen molar-refractivity contribution >= 4 is 11.9 Å². The van der Waals surface area contributed by atoms with Crippen molar-refractivity contribution in [2.45, 2.75) is 24.9 Å². The number of piperidine rings is 1. The van der Waals surface area contributed by atoms with Crippen molar-refractivity contribution in [3.63, 3.8) is 0 Å². The minimum Gasteiger partial charge on any atom is -0.479 e. The summed E-state index contributed by atoms with van der Waals surface area (Å²) in [6.07, 6.45) is 2.55. The zero-order valence-electron chi connectivity index (χ0n) is 13.1. The molecule has 1 spiro atoms. The first-order chi connectivity index (χ1) is 11.0. The third kappa shape index (κ3) is 2.63. The molecule has 23 heavy (non-hydrogen) atoms. The molecule has 0 aromatic carbocycles. The van der Waals surface area contributed by atoms with Gasteiger partial charge in [0.15, 0.2) is 5.82 Å². The number of likely N-dealkylation sites (tertiary alicyclic amines) is 1. The molecule has 3 rings (SSSR count). The number of pyridine rings is 1. The predicted octanol–water partition coefficient (Wildman–Crippen LogP) is 0.745. The number of urea groups is 1. The Morgan fingerprint density at radius 3 is 2.65 bits per heavy atom. The van der Waals surface area contributed by atoms with Crippen LogP contribution in [0.1, 0.15) is 18.4 Å². The fraction of sp³-hybridized carbons (Fsp3) is 0.533. The van der Waals surface area contributed by atoms with Crippen LogP contribution in [0.5, 0.6) is 5.88 Å². The highest BCUT2D eigenvalue weighted by molar-refractivity contribution is 6.06. The van der Waals surface area contributed by atoms with Crippen LogP contribution >= 0.6 is 0 Å². The van der Waals surface area contributed by atoms with Crippen LogP contribution in [0.3, 0.4) is 0 Å². The number of carbonyl (C=O) groups is 2. The highest BCUT2D eigenvalue weighted by Gasteiger charge is 2.50. The average Bonchev–Trinajstić information content (AvgIpc) is 2.76. The number of rotatable bonds is 3. The van der Waals surface area contributed by atoms with Crippen LogP contribution < -0.4 is 10.1 Å². The molecular formula is C15H19FN4O3. The SMILES string of the molecule is COc1nccc(CN2CCC3(CC2)NC(=O)N(C)C3=O)c1F. The molecule has 0 unspecified atom stereocenters. The number of likely N-dealkylation sites (N-methyl/N-ethyl adjacent to an activating group) is 1. The summed E-state index contributed by atoms with van der Waals surface area (Å²) in [6, 6.07) is 1.27. The van der Waals surface area contributed by atoms with Gasteiger partial charge in [0.05, 0.1) is 7.11 Å². The molecule has 2 aliphatic heterocycles. The van der Waals surface area contributed by atoms with Crippen molar-refractivity contribution in [2.24, 2.45) is 0 Å². The van der Waals surface area contributed by atoms with Gasteiger partial charge in [0.2, 0.25) is 5.88 Å². The Morgan fingerprint density at radius 2 is 2.09 bits per heavy atom. The van der Waals surface area contributed by atoms with Crippen molar-refractivity contribution in [2.75, 3.05) is 27.2 Å². The van der Waals surface area contributed by atoms with Gasteiger partial charge in [-0.3, -0.25) is 14.6 Å². The fourth-order valence-electron chi connectivity index (χ4n) is 3.15. The number of hydrogen-bond donors (Lipinski definition) is 1. The monoisotopic (exact) mass is 322 g/mol. The number of ether oxygens (including phenoxy) is 1. The number of nitrogens with zero attached hydrogens (tertiary/aromatic N) is 3. The number of amides is 3. The Morgan fingerprint density at radius 1 is 1.39 bits per heavy atom. The first-order valence-corrected chi connectivity index (χ1v) is 7.47. The maximum atomic E-state index is 14.2. The summed E-state index contributed by atoms with van der Waals surface area (Å²) in [6.45, 7) is 1.62.